The largest absolute Gasteiger partial charge is 0.497 e. The molecule has 0 spiro atoms. The number of likely N-dealkylation sites (N-methyl/N-ethyl adjacent to an activating group) is 1. The third-order valence-corrected chi connectivity index (χ3v) is 4.44. The molecule has 19 heavy (non-hydrogen) atoms. The fraction of sp³-hybridized carbons (Fsp3) is 0.533. The minimum atomic E-state index is 0.244. The van der Waals surface area contributed by atoms with Gasteiger partial charge < -0.3 is 9.64 Å². The Morgan fingerprint density at radius 1 is 1.53 bits per heavy atom. The van der Waals surface area contributed by atoms with E-state index >= 15 is 0 Å². The fourth-order valence-electron chi connectivity index (χ4n) is 2.45. The quantitative estimate of drug-likeness (QED) is 0.828. The first-order valence-electron chi connectivity index (χ1n) is 6.67. The summed E-state index contributed by atoms with van der Waals surface area (Å²) in [7, 11) is 3.59. The molecule has 0 saturated heterocycles. The van der Waals surface area contributed by atoms with Crippen LogP contribution >= 0.6 is 15.9 Å². The molecule has 1 saturated carbocycles. The van der Waals surface area contributed by atoms with E-state index in [4.69, 9.17) is 4.74 Å². The Morgan fingerprint density at radius 2 is 2.26 bits per heavy atom. The summed E-state index contributed by atoms with van der Waals surface area (Å²) in [6, 6.07) is 6.35. The zero-order valence-electron chi connectivity index (χ0n) is 11.6. The maximum atomic E-state index is 11.9. The summed E-state index contributed by atoms with van der Waals surface area (Å²) in [5.41, 5.74) is 1.24. The molecule has 0 aromatic heterocycles. The van der Waals surface area contributed by atoms with Gasteiger partial charge in [-0.3, -0.25) is 4.79 Å². The molecule has 1 aliphatic rings. The molecule has 1 fully saturated rings. The summed E-state index contributed by atoms with van der Waals surface area (Å²) < 4.78 is 6.36. The van der Waals surface area contributed by atoms with Gasteiger partial charge in [0.15, 0.2) is 0 Å². The maximum absolute atomic E-state index is 11.9. The van der Waals surface area contributed by atoms with Crippen molar-refractivity contribution in [3.63, 3.8) is 0 Å². The first-order chi connectivity index (χ1) is 9.08. The minimum absolute atomic E-state index is 0.244. The summed E-state index contributed by atoms with van der Waals surface area (Å²) >= 11 is 3.59. The molecule has 2 unspecified atom stereocenters. The fourth-order valence-corrected chi connectivity index (χ4v) is 2.99. The normalized spacial score (nSPS) is 21.1. The SMILES string of the molecule is CCCC(=O)N(C)C1CC1c1cc(OC)ccc1Br. The van der Waals surface area contributed by atoms with Crippen LogP contribution in [0.4, 0.5) is 0 Å². The van der Waals surface area contributed by atoms with Gasteiger partial charge in [-0.1, -0.05) is 22.9 Å². The topological polar surface area (TPSA) is 29.5 Å². The van der Waals surface area contributed by atoms with Gasteiger partial charge in [-0.25, -0.2) is 0 Å². The number of hydrogen-bond donors (Lipinski definition) is 0. The lowest BCUT2D eigenvalue weighted by atomic mass is 10.1. The molecule has 0 radical (unpaired) electrons. The van der Waals surface area contributed by atoms with Gasteiger partial charge in [0.25, 0.3) is 0 Å². The molecular weight excluding hydrogens is 306 g/mol. The summed E-state index contributed by atoms with van der Waals surface area (Å²) in [6.45, 7) is 2.04. The van der Waals surface area contributed by atoms with E-state index in [2.05, 4.69) is 22.0 Å². The third-order valence-electron chi connectivity index (χ3n) is 3.71. The molecule has 1 aliphatic carbocycles. The monoisotopic (exact) mass is 325 g/mol. The molecule has 3 nitrogen and oxygen atoms in total. The predicted octanol–water partition coefficient (Wildman–Crippen LogP) is 3.57. The van der Waals surface area contributed by atoms with Crippen LogP contribution in [0.25, 0.3) is 0 Å². The van der Waals surface area contributed by atoms with Gasteiger partial charge >= 0.3 is 0 Å². The predicted molar refractivity (Wildman–Crippen MR) is 79.5 cm³/mol. The highest BCUT2D eigenvalue weighted by atomic mass is 79.9. The van der Waals surface area contributed by atoms with E-state index in [0.29, 0.717) is 18.4 Å². The van der Waals surface area contributed by atoms with Crippen molar-refractivity contribution >= 4 is 21.8 Å². The Bertz CT molecular complexity index is 475. The summed E-state index contributed by atoms with van der Waals surface area (Å²) in [4.78, 5) is 13.8. The molecule has 1 amide bonds. The molecule has 1 aromatic rings. The molecule has 0 heterocycles. The lowest BCUT2D eigenvalue weighted by Crippen LogP contribution is -2.29. The molecule has 0 bridgehead atoms. The van der Waals surface area contributed by atoms with E-state index in [9.17, 15) is 4.79 Å². The van der Waals surface area contributed by atoms with Gasteiger partial charge in [0.05, 0.1) is 7.11 Å². The van der Waals surface area contributed by atoms with Crippen molar-refractivity contribution in [2.75, 3.05) is 14.2 Å². The zero-order valence-corrected chi connectivity index (χ0v) is 13.2. The molecule has 2 rings (SSSR count). The van der Waals surface area contributed by atoms with Crippen LogP contribution < -0.4 is 4.74 Å². The number of amides is 1. The number of carbonyl (C=O) groups is 1. The van der Waals surface area contributed by atoms with Crippen LogP contribution in [0.1, 0.15) is 37.7 Å². The average molecular weight is 326 g/mol. The summed E-state index contributed by atoms with van der Waals surface area (Å²) in [5.74, 6) is 1.54. The average Bonchev–Trinajstić information content (AvgIpc) is 3.19. The molecule has 2 atom stereocenters. The second-order valence-corrected chi connectivity index (χ2v) is 5.91. The van der Waals surface area contributed by atoms with Crippen molar-refractivity contribution in [1.29, 1.82) is 0 Å². The molecule has 0 N–H and O–H groups in total. The minimum Gasteiger partial charge on any atom is -0.497 e. The van der Waals surface area contributed by atoms with Crippen LogP contribution in [0.2, 0.25) is 0 Å². The lowest BCUT2D eigenvalue weighted by molar-refractivity contribution is -0.130. The van der Waals surface area contributed by atoms with Crippen molar-refractivity contribution in [3.8, 4) is 5.75 Å². The van der Waals surface area contributed by atoms with Crippen LogP contribution in [0.15, 0.2) is 22.7 Å². The van der Waals surface area contributed by atoms with Gasteiger partial charge in [0, 0.05) is 29.9 Å². The Morgan fingerprint density at radius 3 is 2.89 bits per heavy atom. The number of hydrogen-bond acceptors (Lipinski definition) is 2. The van der Waals surface area contributed by atoms with Crippen LogP contribution in [0.3, 0.4) is 0 Å². The number of carbonyl (C=O) groups excluding carboxylic acids is 1. The van der Waals surface area contributed by atoms with E-state index in [1.165, 1.54) is 5.56 Å². The number of rotatable bonds is 5. The van der Waals surface area contributed by atoms with Crippen LogP contribution in [0, 0.1) is 0 Å². The van der Waals surface area contributed by atoms with Crippen LogP contribution in [-0.4, -0.2) is 31.0 Å². The van der Waals surface area contributed by atoms with Gasteiger partial charge in [-0.15, -0.1) is 0 Å². The van der Waals surface area contributed by atoms with Crippen LogP contribution in [0.5, 0.6) is 5.75 Å². The standard InChI is InChI=1S/C15H20BrNO2/c1-4-5-15(18)17(2)14-9-12(14)11-8-10(19-3)6-7-13(11)16/h6-8,12,14H,4-5,9H2,1-3H3. The Hall–Kier alpha value is -1.03. The Kier molecular flexibility index (Phi) is 4.50. The van der Waals surface area contributed by atoms with Crippen molar-refractivity contribution in [2.45, 2.75) is 38.1 Å². The van der Waals surface area contributed by atoms with Crippen molar-refractivity contribution < 1.29 is 9.53 Å². The lowest BCUT2D eigenvalue weighted by Gasteiger charge is -2.17. The van der Waals surface area contributed by atoms with E-state index < -0.39 is 0 Å². The zero-order chi connectivity index (χ0) is 14.0. The first-order valence-corrected chi connectivity index (χ1v) is 7.46. The number of benzene rings is 1. The Labute approximate surface area is 123 Å². The van der Waals surface area contributed by atoms with E-state index in [0.717, 1.165) is 23.1 Å². The van der Waals surface area contributed by atoms with Gasteiger partial charge in [0.2, 0.25) is 5.91 Å². The van der Waals surface area contributed by atoms with E-state index in [1.54, 1.807) is 7.11 Å². The highest BCUT2D eigenvalue weighted by Crippen LogP contribution is 2.47. The maximum Gasteiger partial charge on any atom is 0.222 e. The van der Waals surface area contributed by atoms with Crippen molar-refractivity contribution in [3.05, 3.63) is 28.2 Å². The van der Waals surface area contributed by atoms with Crippen LogP contribution in [-0.2, 0) is 4.79 Å². The van der Waals surface area contributed by atoms with Gasteiger partial charge in [-0.2, -0.15) is 0 Å². The molecule has 4 heteroatoms. The highest BCUT2D eigenvalue weighted by molar-refractivity contribution is 9.10. The summed E-state index contributed by atoms with van der Waals surface area (Å²) in [5, 5.41) is 0. The Balaban J connectivity index is 2.08. The second-order valence-electron chi connectivity index (χ2n) is 5.05. The van der Waals surface area contributed by atoms with Crippen molar-refractivity contribution in [2.24, 2.45) is 0 Å². The molecule has 104 valence electrons. The number of nitrogens with zero attached hydrogens (tertiary/aromatic N) is 1. The molecule has 1 aromatic carbocycles. The number of halogens is 1. The second kappa shape index (κ2) is 5.95. The first kappa shape index (κ1) is 14.4. The smallest absolute Gasteiger partial charge is 0.222 e. The highest BCUT2D eigenvalue weighted by Gasteiger charge is 2.43. The van der Waals surface area contributed by atoms with Crippen molar-refractivity contribution in [1.82, 2.24) is 4.90 Å². The van der Waals surface area contributed by atoms with Gasteiger partial charge in [0.1, 0.15) is 5.75 Å². The van der Waals surface area contributed by atoms with Gasteiger partial charge in [-0.05, 0) is 36.6 Å². The van der Waals surface area contributed by atoms with E-state index in [-0.39, 0.29) is 5.91 Å². The molecule has 0 aliphatic heterocycles. The number of methoxy groups -OCH3 is 1. The van der Waals surface area contributed by atoms with E-state index in [1.807, 2.05) is 31.0 Å². The third kappa shape index (κ3) is 3.11. The summed E-state index contributed by atoms with van der Waals surface area (Å²) in [6.07, 6.45) is 2.58. The number of ether oxygens (including phenoxy) is 1. The molecular formula is C15H20BrNO2.